The van der Waals surface area contributed by atoms with Gasteiger partial charge in [-0.15, -0.1) is 0 Å². The second kappa shape index (κ2) is 8.53. The highest BCUT2D eigenvalue weighted by atomic mass is 32.2. The van der Waals surface area contributed by atoms with Crippen molar-refractivity contribution < 1.29 is 21.6 Å². The molecule has 8 nitrogen and oxygen atoms in total. The quantitative estimate of drug-likeness (QED) is 0.556. The van der Waals surface area contributed by atoms with Crippen molar-refractivity contribution in [3.63, 3.8) is 0 Å². The van der Waals surface area contributed by atoms with Crippen LogP contribution >= 0.6 is 0 Å². The van der Waals surface area contributed by atoms with Gasteiger partial charge in [-0.05, 0) is 60.9 Å². The first kappa shape index (κ1) is 22.8. The number of rotatable bonds is 6. The molecule has 1 aliphatic rings. The third-order valence-corrected chi connectivity index (χ3v) is 7.72. The third-order valence-electron chi connectivity index (χ3n) is 5.32. The minimum Gasteiger partial charge on any atom is -0.322 e. The molecule has 0 saturated heterocycles. The van der Waals surface area contributed by atoms with Gasteiger partial charge in [0.1, 0.15) is 0 Å². The number of nitrogens with zero attached hydrogens (tertiary/aromatic N) is 1. The van der Waals surface area contributed by atoms with Gasteiger partial charge in [0.05, 0.1) is 22.5 Å². The van der Waals surface area contributed by atoms with Gasteiger partial charge in [0, 0.05) is 17.8 Å². The second-order valence-corrected chi connectivity index (χ2v) is 11.5. The lowest BCUT2D eigenvalue weighted by Crippen LogP contribution is -2.29. The van der Waals surface area contributed by atoms with E-state index in [2.05, 4.69) is 10.0 Å². The molecule has 33 heavy (non-hydrogen) atoms. The molecule has 0 aromatic heterocycles. The van der Waals surface area contributed by atoms with Crippen LogP contribution < -0.4 is 14.3 Å². The molecule has 10 heteroatoms. The molecule has 3 aromatic rings. The molecule has 0 fully saturated rings. The van der Waals surface area contributed by atoms with Crippen molar-refractivity contribution in [1.29, 1.82) is 0 Å². The van der Waals surface area contributed by atoms with Crippen LogP contribution in [-0.4, -0.2) is 35.5 Å². The summed E-state index contributed by atoms with van der Waals surface area (Å²) in [5, 5.41) is 2.69. The number of carbonyl (C=O) groups is 1. The lowest BCUT2D eigenvalue weighted by Gasteiger charge is -2.20. The van der Waals surface area contributed by atoms with E-state index in [0.29, 0.717) is 35.6 Å². The summed E-state index contributed by atoms with van der Waals surface area (Å²) in [5.41, 5.74) is 3.20. The molecule has 1 amide bonds. The zero-order chi connectivity index (χ0) is 23.8. The van der Waals surface area contributed by atoms with E-state index in [0.717, 1.165) is 11.8 Å². The van der Waals surface area contributed by atoms with Crippen LogP contribution in [0.3, 0.4) is 0 Å². The predicted molar refractivity (Wildman–Crippen MR) is 129 cm³/mol. The maximum Gasteiger partial charge on any atom is 0.264 e. The summed E-state index contributed by atoms with van der Waals surface area (Å²) in [6, 6.07) is 18.0. The van der Waals surface area contributed by atoms with Gasteiger partial charge in [-0.2, -0.15) is 0 Å². The zero-order valence-electron chi connectivity index (χ0n) is 18.1. The Labute approximate surface area is 193 Å². The summed E-state index contributed by atoms with van der Waals surface area (Å²) in [5.74, 6) is -0.511. The van der Waals surface area contributed by atoms with E-state index in [1.165, 1.54) is 34.6 Å². The van der Waals surface area contributed by atoms with Gasteiger partial charge in [-0.25, -0.2) is 16.8 Å². The Kier molecular flexibility index (Phi) is 5.89. The van der Waals surface area contributed by atoms with E-state index in [1.807, 2.05) is 12.1 Å². The lowest BCUT2D eigenvalue weighted by molar-refractivity contribution is 0.102. The minimum atomic E-state index is -3.84. The van der Waals surface area contributed by atoms with E-state index < -0.39 is 26.0 Å². The van der Waals surface area contributed by atoms with Gasteiger partial charge >= 0.3 is 0 Å². The summed E-state index contributed by atoms with van der Waals surface area (Å²) < 4.78 is 53.5. The molecular formula is C23H23N3O5S2. The van der Waals surface area contributed by atoms with Crippen molar-refractivity contribution in [2.24, 2.45) is 0 Å². The highest BCUT2D eigenvalue weighted by molar-refractivity contribution is 7.93. The van der Waals surface area contributed by atoms with E-state index in [4.69, 9.17) is 0 Å². The summed E-state index contributed by atoms with van der Waals surface area (Å²) in [6.45, 7) is 2.08. The number of hydrogen-bond acceptors (Lipinski definition) is 5. The summed E-state index contributed by atoms with van der Waals surface area (Å²) in [7, 11) is -7.32. The molecule has 0 bridgehead atoms. The Morgan fingerprint density at radius 3 is 2.45 bits per heavy atom. The van der Waals surface area contributed by atoms with E-state index in [1.54, 1.807) is 31.2 Å². The maximum atomic E-state index is 13.3. The van der Waals surface area contributed by atoms with Crippen LogP contribution in [0.5, 0.6) is 0 Å². The fourth-order valence-electron chi connectivity index (χ4n) is 3.70. The van der Waals surface area contributed by atoms with E-state index in [9.17, 15) is 21.6 Å². The molecule has 0 radical (unpaired) electrons. The number of sulfonamides is 2. The van der Waals surface area contributed by atoms with Gasteiger partial charge in [0.2, 0.25) is 10.0 Å². The topological polar surface area (TPSA) is 113 Å². The molecule has 172 valence electrons. The van der Waals surface area contributed by atoms with Crippen molar-refractivity contribution >= 4 is 43.0 Å². The van der Waals surface area contributed by atoms with Crippen molar-refractivity contribution in [3.05, 3.63) is 83.4 Å². The lowest BCUT2D eigenvalue weighted by atomic mass is 10.1. The molecule has 0 spiro atoms. The number of benzene rings is 3. The number of nitrogens with one attached hydrogen (secondary N) is 2. The normalized spacial score (nSPS) is 13.5. The van der Waals surface area contributed by atoms with Crippen molar-refractivity contribution in [2.45, 2.75) is 18.2 Å². The largest absolute Gasteiger partial charge is 0.322 e. The average molecular weight is 486 g/mol. The number of carbonyl (C=O) groups excluding carboxylic acids is 1. The average Bonchev–Trinajstić information content (AvgIpc) is 3.20. The highest BCUT2D eigenvalue weighted by Gasteiger charge is 2.31. The van der Waals surface area contributed by atoms with Gasteiger partial charge in [0.25, 0.3) is 15.9 Å². The first-order valence-corrected chi connectivity index (χ1v) is 13.5. The van der Waals surface area contributed by atoms with Gasteiger partial charge < -0.3 is 5.32 Å². The molecular weight excluding hydrogens is 462 g/mol. The molecule has 2 N–H and O–H groups in total. The van der Waals surface area contributed by atoms with Crippen molar-refractivity contribution in [1.82, 2.24) is 0 Å². The molecule has 0 unspecified atom stereocenters. The van der Waals surface area contributed by atoms with Gasteiger partial charge in [0.15, 0.2) is 0 Å². The number of fused-ring (bicyclic) bond motifs is 1. The Morgan fingerprint density at radius 1 is 0.939 bits per heavy atom. The Bertz CT molecular complexity index is 1450. The van der Waals surface area contributed by atoms with Crippen molar-refractivity contribution in [2.75, 3.05) is 27.1 Å². The first-order chi connectivity index (χ1) is 15.5. The molecule has 1 heterocycles. The molecule has 0 aliphatic carbocycles. The Balaban J connectivity index is 1.59. The monoisotopic (exact) mass is 485 g/mol. The minimum absolute atomic E-state index is 0.0233. The number of anilines is 3. The zero-order valence-corrected chi connectivity index (χ0v) is 19.7. The summed E-state index contributed by atoms with van der Waals surface area (Å²) in [4.78, 5) is 12.9. The van der Waals surface area contributed by atoms with Crippen LogP contribution in [-0.2, 0) is 26.5 Å². The SMILES string of the molecule is Cc1ccc(NC(=O)c2cccc(S(=O)(=O)N3CCc4ccccc43)c2)cc1NS(C)(=O)=O. The van der Waals surface area contributed by atoms with Gasteiger partial charge in [-0.3, -0.25) is 13.8 Å². The number of aryl methyl sites for hydroxylation is 1. The van der Waals surface area contributed by atoms with Gasteiger partial charge in [-0.1, -0.05) is 30.3 Å². The highest BCUT2D eigenvalue weighted by Crippen LogP contribution is 2.33. The second-order valence-electron chi connectivity index (χ2n) is 7.84. The fourth-order valence-corrected chi connectivity index (χ4v) is 5.86. The number of hydrogen-bond donors (Lipinski definition) is 2. The van der Waals surface area contributed by atoms with Crippen LogP contribution in [0.4, 0.5) is 17.1 Å². The fraction of sp³-hybridized carbons (Fsp3) is 0.174. The first-order valence-electron chi connectivity index (χ1n) is 10.2. The summed E-state index contributed by atoms with van der Waals surface area (Å²) in [6.07, 6.45) is 1.68. The molecule has 1 aliphatic heterocycles. The van der Waals surface area contributed by atoms with E-state index in [-0.39, 0.29) is 10.5 Å². The third kappa shape index (κ3) is 4.86. The maximum absolute atomic E-state index is 13.3. The van der Waals surface area contributed by atoms with E-state index >= 15 is 0 Å². The van der Waals surface area contributed by atoms with Crippen LogP contribution in [0.1, 0.15) is 21.5 Å². The van der Waals surface area contributed by atoms with Crippen molar-refractivity contribution in [3.8, 4) is 0 Å². The molecule has 0 atom stereocenters. The smallest absolute Gasteiger partial charge is 0.264 e. The predicted octanol–water partition coefficient (Wildman–Crippen LogP) is 3.37. The molecule has 0 saturated carbocycles. The number of amides is 1. The molecule has 4 rings (SSSR count). The Morgan fingerprint density at radius 2 is 1.70 bits per heavy atom. The van der Waals surface area contributed by atoms with Crippen LogP contribution in [0, 0.1) is 6.92 Å². The van der Waals surface area contributed by atoms with Crippen LogP contribution in [0.2, 0.25) is 0 Å². The summed E-state index contributed by atoms with van der Waals surface area (Å²) >= 11 is 0. The van der Waals surface area contributed by atoms with Crippen LogP contribution in [0.25, 0.3) is 0 Å². The standard InChI is InChI=1S/C23H23N3O5S2/c1-16-10-11-19(15-21(16)25-32(2,28)29)24-23(27)18-7-5-8-20(14-18)33(30,31)26-13-12-17-6-3-4-9-22(17)26/h3-11,14-15,25H,12-13H2,1-2H3,(H,24,27). The Hall–Kier alpha value is -3.37. The number of para-hydroxylation sites is 1. The van der Waals surface area contributed by atoms with Crippen LogP contribution in [0.15, 0.2) is 71.6 Å². The molecule has 3 aromatic carbocycles.